The third-order valence-electron chi connectivity index (χ3n) is 8.65. The lowest BCUT2D eigenvalue weighted by Crippen LogP contribution is -2.41. The molecule has 1 aliphatic heterocycles. The van der Waals surface area contributed by atoms with Crippen molar-refractivity contribution in [2.45, 2.75) is 58.4 Å². The highest BCUT2D eigenvalue weighted by atomic mass is 16.5. The van der Waals surface area contributed by atoms with Crippen molar-refractivity contribution >= 4 is 11.9 Å². The molecule has 1 spiro atoms. The molecular formula is C23H33N3O4. The average Bonchev–Trinajstić information content (AvgIpc) is 2.97. The molecule has 7 heteroatoms. The van der Waals surface area contributed by atoms with E-state index in [4.69, 9.17) is 4.52 Å². The van der Waals surface area contributed by atoms with Crippen molar-refractivity contribution < 1.29 is 19.2 Å². The number of hydrogen-bond acceptors (Lipinski definition) is 5. The minimum atomic E-state index is -0.791. The van der Waals surface area contributed by atoms with Crippen LogP contribution in [0.25, 0.3) is 0 Å². The summed E-state index contributed by atoms with van der Waals surface area (Å²) in [7, 11) is 0. The fraction of sp³-hybridized carbons (Fsp3) is 0.783. The number of aryl methyl sites for hydroxylation is 1. The predicted molar refractivity (Wildman–Crippen MR) is 109 cm³/mol. The molecule has 3 unspecified atom stereocenters. The summed E-state index contributed by atoms with van der Waals surface area (Å²) in [6, 6.07) is 1.80. The number of nitrogens with one attached hydrogen (secondary N) is 2. The molecule has 30 heavy (non-hydrogen) atoms. The van der Waals surface area contributed by atoms with Gasteiger partial charge in [-0.3, -0.25) is 9.59 Å². The quantitative estimate of drug-likeness (QED) is 0.633. The second kappa shape index (κ2) is 7.66. The zero-order valence-corrected chi connectivity index (χ0v) is 17.7. The normalized spacial score (nSPS) is 39.4. The van der Waals surface area contributed by atoms with E-state index in [1.54, 1.807) is 6.07 Å². The van der Waals surface area contributed by atoms with Crippen molar-refractivity contribution in [3.05, 3.63) is 17.5 Å². The highest BCUT2D eigenvalue weighted by molar-refractivity contribution is 5.86. The molecule has 1 aromatic rings. The number of aliphatic carboxylic acids is 1. The van der Waals surface area contributed by atoms with Crippen LogP contribution >= 0.6 is 0 Å². The van der Waals surface area contributed by atoms with Crippen LogP contribution in [0.2, 0.25) is 0 Å². The first kappa shape index (κ1) is 20.0. The Bertz CT molecular complexity index is 817. The topological polar surface area (TPSA) is 104 Å². The van der Waals surface area contributed by atoms with Gasteiger partial charge in [0.1, 0.15) is 11.5 Å². The van der Waals surface area contributed by atoms with E-state index in [2.05, 4.69) is 15.8 Å². The van der Waals surface area contributed by atoms with Crippen LogP contribution in [-0.4, -0.2) is 35.2 Å². The van der Waals surface area contributed by atoms with Gasteiger partial charge in [-0.05, 0) is 94.0 Å². The Morgan fingerprint density at radius 1 is 1.27 bits per heavy atom. The molecule has 2 bridgehead atoms. The molecule has 4 fully saturated rings. The van der Waals surface area contributed by atoms with Crippen molar-refractivity contribution in [2.75, 3.05) is 13.1 Å². The Morgan fingerprint density at radius 2 is 2.07 bits per heavy atom. The van der Waals surface area contributed by atoms with Gasteiger partial charge in [-0.1, -0.05) is 5.16 Å². The molecule has 1 saturated heterocycles. The summed E-state index contributed by atoms with van der Waals surface area (Å²) >= 11 is 0. The van der Waals surface area contributed by atoms with E-state index in [-0.39, 0.29) is 23.2 Å². The molecule has 7 nitrogen and oxygen atoms in total. The van der Waals surface area contributed by atoms with Crippen LogP contribution in [0.5, 0.6) is 0 Å². The summed E-state index contributed by atoms with van der Waals surface area (Å²) in [6.07, 6.45) is 8.09. The molecule has 2 heterocycles. The Labute approximate surface area is 177 Å². The molecule has 0 radical (unpaired) electrons. The molecule has 4 aliphatic rings. The monoisotopic (exact) mass is 415 g/mol. The van der Waals surface area contributed by atoms with Gasteiger partial charge >= 0.3 is 5.97 Å². The SMILES string of the molecule is Cc1cc(CNC(=O)[C@H]2[C@H](C(=O)O)[C@H]3CC[C@@H]2C32CC2CCC2CCCNC2)no1. The third-order valence-corrected chi connectivity index (χ3v) is 8.65. The molecule has 3 aliphatic carbocycles. The average molecular weight is 416 g/mol. The summed E-state index contributed by atoms with van der Waals surface area (Å²) < 4.78 is 5.07. The molecule has 0 aromatic carbocycles. The minimum absolute atomic E-state index is 0.109. The standard InChI is InChI=1S/C23H33N3O4/c1-13-9-16(26-30-13)12-25-21(27)19-17-6-7-18(20(19)22(28)29)23(17)10-15(23)5-4-14-3-2-8-24-11-14/h9,14-15,17-20,24H,2-8,10-12H2,1H3,(H,25,27)(H,28,29)/t14?,15?,17-,18+,19+,20+,23?/m0/s1. The highest BCUT2D eigenvalue weighted by Gasteiger charge is 2.75. The van der Waals surface area contributed by atoms with Gasteiger partial charge in [0.15, 0.2) is 0 Å². The van der Waals surface area contributed by atoms with Crippen LogP contribution in [0.1, 0.15) is 56.4 Å². The van der Waals surface area contributed by atoms with Crippen molar-refractivity contribution in [2.24, 2.45) is 40.9 Å². The molecular weight excluding hydrogens is 382 g/mol. The highest BCUT2D eigenvalue weighted by Crippen LogP contribution is 2.78. The smallest absolute Gasteiger partial charge is 0.307 e. The van der Waals surface area contributed by atoms with E-state index in [9.17, 15) is 14.7 Å². The van der Waals surface area contributed by atoms with E-state index >= 15 is 0 Å². The molecule has 1 aromatic heterocycles. The number of carbonyl (C=O) groups is 2. The molecule has 7 atom stereocenters. The van der Waals surface area contributed by atoms with Gasteiger partial charge in [-0.2, -0.15) is 0 Å². The van der Waals surface area contributed by atoms with Crippen molar-refractivity contribution in [1.29, 1.82) is 0 Å². The fourth-order valence-electron chi connectivity index (χ4n) is 7.42. The zero-order valence-electron chi connectivity index (χ0n) is 17.7. The molecule has 3 saturated carbocycles. The largest absolute Gasteiger partial charge is 0.481 e. The van der Waals surface area contributed by atoms with E-state index in [1.807, 2.05) is 6.92 Å². The number of piperidine rings is 1. The summed E-state index contributed by atoms with van der Waals surface area (Å²) in [4.78, 5) is 25.3. The van der Waals surface area contributed by atoms with E-state index < -0.39 is 17.8 Å². The van der Waals surface area contributed by atoms with E-state index in [0.717, 1.165) is 38.3 Å². The summed E-state index contributed by atoms with van der Waals surface area (Å²) in [5.74, 6) is 0.607. The van der Waals surface area contributed by atoms with Crippen LogP contribution in [-0.2, 0) is 16.1 Å². The Hall–Kier alpha value is -1.89. The first-order valence-corrected chi connectivity index (χ1v) is 11.6. The molecule has 3 N–H and O–H groups in total. The number of amides is 1. The first-order chi connectivity index (χ1) is 14.5. The molecule has 1 amide bonds. The number of hydrogen-bond donors (Lipinski definition) is 3. The minimum Gasteiger partial charge on any atom is -0.481 e. The van der Waals surface area contributed by atoms with Gasteiger partial charge in [0.2, 0.25) is 5.91 Å². The van der Waals surface area contributed by atoms with Gasteiger partial charge in [-0.15, -0.1) is 0 Å². The second-order valence-electron chi connectivity index (χ2n) is 10.1. The van der Waals surface area contributed by atoms with Crippen LogP contribution in [0.15, 0.2) is 10.6 Å². The van der Waals surface area contributed by atoms with Crippen molar-refractivity contribution in [1.82, 2.24) is 15.8 Å². The van der Waals surface area contributed by atoms with Crippen LogP contribution in [0.4, 0.5) is 0 Å². The molecule has 5 rings (SSSR count). The predicted octanol–water partition coefficient (Wildman–Crippen LogP) is 2.74. The maximum absolute atomic E-state index is 13.1. The van der Waals surface area contributed by atoms with Gasteiger partial charge in [0.05, 0.1) is 18.4 Å². The van der Waals surface area contributed by atoms with Gasteiger partial charge in [0.25, 0.3) is 0 Å². The maximum atomic E-state index is 13.1. The lowest BCUT2D eigenvalue weighted by atomic mass is 9.78. The Morgan fingerprint density at radius 3 is 2.73 bits per heavy atom. The van der Waals surface area contributed by atoms with Gasteiger partial charge in [-0.25, -0.2) is 0 Å². The van der Waals surface area contributed by atoms with Gasteiger partial charge < -0.3 is 20.3 Å². The van der Waals surface area contributed by atoms with Crippen LogP contribution in [0, 0.1) is 47.8 Å². The second-order valence-corrected chi connectivity index (χ2v) is 10.1. The number of carboxylic acids is 1. The van der Waals surface area contributed by atoms with Crippen molar-refractivity contribution in [3.8, 4) is 0 Å². The first-order valence-electron chi connectivity index (χ1n) is 11.6. The number of nitrogens with zero attached hydrogens (tertiary/aromatic N) is 1. The van der Waals surface area contributed by atoms with Gasteiger partial charge in [0, 0.05) is 6.07 Å². The zero-order chi connectivity index (χ0) is 20.9. The summed E-state index contributed by atoms with van der Waals surface area (Å²) in [6.45, 7) is 4.37. The summed E-state index contributed by atoms with van der Waals surface area (Å²) in [5, 5.41) is 20.4. The summed E-state index contributed by atoms with van der Waals surface area (Å²) in [5.41, 5.74) is 0.786. The number of aromatic nitrogens is 1. The third kappa shape index (κ3) is 3.26. The fourth-order valence-corrected chi connectivity index (χ4v) is 7.42. The lowest BCUT2D eigenvalue weighted by molar-refractivity contribution is -0.149. The van der Waals surface area contributed by atoms with E-state index in [1.165, 1.54) is 25.7 Å². The van der Waals surface area contributed by atoms with Crippen LogP contribution in [0.3, 0.4) is 0 Å². The number of carbonyl (C=O) groups excluding carboxylic acids is 1. The Kier molecular flexibility index (Phi) is 5.12. The maximum Gasteiger partial charge on any atom is 0.307 e. The number of rotatable bonds is 7. The van der Waals surface area contributed by atoms with E-state index in [0.29, 0.717) is 23.9 Å². The number of carboxylic acid groups (broad SMARTS) is 1. The van der Waals surface area contributed by atoms with Crippen LogP contribution < -0.4 is 10.6 Å². The Balaban J connectivity index is 1.26. The lowest BCUT2D eigenvalue weighted by Gasteiger charge is -2.26. The molecule has 164 valence electrons. The van der Waals surface area contributed by atoms with Crippen molar-refractivity contribution in [3.63, 3.8) is 0 Å².